The molecule has 4 nitrogen and oxygen atoms in total. The van der Waals surface area contributed by atoms with Gasteiger partial charge in [-0.15, -0.1) is 0 Å². The Morgan fingerprint density at radius 3 is 2.29 bits per heavy atom. The van der Waals surface area contributed by atoms with Gasteiger partial charge >= 0.3 is 0 Å². The number of ether oxygens (including phenoxy) is 2. The monoisotopic (exact) mass is 192 g/mol. The number of methoxy groups -OCH3 is 2. The predicted molar refractivity (Wildman–Crippen MR) is 53.4 cm³/mol. The second-order valence-electron chi connectivity index (χ2n) is 2.81. The molecule has 0 saturated heterocycles. The van der Waals surface area contributed by atoms with Gasteiger partial charge in [0.25, 0.3) is 0 Å². The van der Waals surface area contributed by atoms with Crippen LogP contribution in [0.1, 0.15) is 11.1 Å². The fourth-order valence-electron chi connectivity index (χ4n) is 1.24. The molecule has 0 radical (unpaired) electrons. The highest BCUT2D eigenvalue weighted by atomic mass is 16.5. The van der Waals surface area contributed by atoms with Crippen LogP contribution in [0.2, 0.25) is 0 Å². The van der Waals surface area contributed by atoms with E-state index in [2.05, 4.69) is 0 Å². The minimum atomic E-state index is 0.353. The second kappa shape index (κ2) is 3.88. The Labute approximate surface area is 82.9 Å². The fourth-order valence-corrected chi connectivity index (χ4v) is 1.24. The largest absolute Gasteiger partial charge is 0.496 e. The van der Waals surface area contributed by atoms with Crippen molar-refractivity contribution in [2.45, 2.75) is 6.92 Å². The van der Waals surface area contributed by atoms with E-state index >= 15 is 0 Å². The van der Waals surface area contributed by atoms with Gasteiger partial charge in [-0.1, -0.05) is 0 Å². The predicted octanol–water partition coefficient (Wildman–Crippen LogP) is 1.47. The number of anilines is 1. The Bertz CT molecular complexity index is 394. The first-order valence-corrected chi connectivity index (χ1v) is 4.06. The number of hydrogen-bond acceptors (Lipinski definition) is 4. The highest BCUT2D eigenvalue weighted by molar-refractivity contribution is 5.69. The number of nitrogens with zero attached hydrogens (tertiary/aromatic N) is 1. The van der Waals surface area contributed by atoms with Crippen LogP contribution in [0.25, 0.3) is 0 Å². The van der Waals surface area contributed by atoms with Crippen LogP contribution >= 0.6 is 0 Å². The van der Waals surface area contributed by atoms with E-state index in [4.69, 9.17) is 20.5 Å². The second-order valence-corrected chi connectivity index (χ2v) is 2.81. The molecule has 0 aliphatic rings. The number of hydrogen-bond donors (Lipinski definition) is 1. The molecule has 4 heteroatoms. The molecule has 0 fully saturated rings. The van der Waals surface area contributed by atoms with Crippen LogP contribution in [0, 0.1) is 18.3 Å². The van der Waals surface area contributed by atoms with Gasteiger partial charge in [0, 0.05) is 11.6 Å². The Morgan fingerprint density at radius 2 is 1.86 bits per heavy atom. The molecule has 0 unspecified atom stereocenters. The van der Waals surface area contributed by atoms with Crippen LogP contribution in [-0.2, 0) is 0 Å². The molecule has 0 aliphatic heterocycles. The van der Waals surface area contributed by atoms with Gasteiger partial charge in [0.1, 0.15) is 23.1 Å². The van der Waals surface area contributed by atoms with Crippen LogP contribution in [0.15, 0.2) is 6.07 Å². The lowest BCUT2D eigenvalue weighted by Gasteiger charge is -2.12. The summed E-state index contributed by atoms with van der Waals surface area (Å²) in [5.41, 5.74) is 7.28. The summed E-state index contributed by atoms with van der Waals surface area (Å²) >= 11 is 0. The van der Waals surface area contributed by atoms with Crippen molar-refractivity contribution >= 4 is 5.69 Å². The molecule has 0 spiro atoms. The lowest BCUT2D eigenvalue weighted by atomic mass is 10.1. The number of rotatable bonds is 2. The van der Waals surface area contributed by atoms with E-state index in [9.17, 15) is 0 Å². The summed E-state index contributed by atoms with van der Waals surface area (Å²) < 4.78 is 10.1. The van der Waals surface area contributed by atoms with E-state index in [1.807, 2.05) is 6.07 Å². The van der Waals surface area contributed by atoms with Crippen molar-refractivity contribution in [2.75, 3.05) is 20.0 Å². The molecule has 74 valence electrons. The smallest absolute Gasteiger partial charge is 0.142 e. The molecule has 0 aliphatic carbocycles. The molecular weight excluding hydrogens is 180 g/mol. The molecule has 0 aromatic heterocycles. The van der Waals surface area contributed by atoms with Crippen molar-refractivity contribution in [3.05, 3.63) is 17.2 Å². The zero-order chi connectivity index (χ0) is 10.7. The van der Waals surface area contributed by atoms with E-state index in [0.717, 1.165) is 5.56 Å². The summed E-state index contributed by atoms with van der Waals surface area (Å²) in [6.45, 7) is 1.80. The third kappa shape index (κ3) is 1.44. The molecule has 14 heavy (non-hydrogen) atoms. The highest BCUT2D eigenvalue weighted by Crippen LogP contribution is 2.34. The summed E-state index contributed by atoms with van der Waals surface area (Å²) in [4.78, 5) is 0. The normalized spacial score (nSPS) is 9.29. The van der Waals surface area contributed by atoms with Crippen molar-refractivity contribution in [2.24, 2.45) is 0 Å². The first-order valence-electron chi connectivity index (χ1n) is 4.06. The first kappa shape index (κ1) is 10.2. The zero-order valence-electron chi connectivity index (χ0n) is 8.42. The molecule has 1 aromatic carbocycles. The molecule has 2 N–H and O–H groups in total. The third-order valence-electron chi connectivity index (χ3n) is 2.10. The van der Waals surface area contributed by atoms with Crippen LogP contribution in [-0.4, -0.2) is 14.2 Å². The molecule has 1 rings (SSSR count). The van der Waals surface area contributed by atoms with E-state index in [1.165, 1.54) is 7.11 Å². The number of benzene rings is 1. The van der Waals surface area contributed by atoms with Gasteiger partial charge in [-0.2, -0.15) is 5.26 Å². The summed E-state index contributed by atoms with van der Waals surface area (Å²) in [6.07, 6.45) is 0. The quantitative estimate of drug-likeness (QED) is 0.720. The van der Waals surface area contributed by atoms with Crippen molar-refractivity contribution in [3.63, 3.8) is 0 Å². The van der Waals surface area contributed by atoms with Crippen molar-refractivity contribution in [3.8, 4) is 17.6 Å². The third-order valence-corrected chi connectivity index (χ3v) is 2.10. The summed E-state index contributed by atoms with van der Waals surface area (Å²) in [7, 11) is 3.04. The van der Waals surface area contributed by atoms with Gasteiger partial charge in [0.15, 0.2) is 0 Å². The minimum absolute atomic E-state index is 0.353. The number of nitriles is 1. The Morgan fingerprint density at radius 1 is 1.29 bits per heavy atom. The van der Waals surface area contributed by atoms with E-state index in [-0.39, 0.29) is 0 Å². The lowest BCUT2D eigenvalue weighted by molar-refractivity contribution is 0.392. The van der Waals surface area contributed by atoms with E-state index < -0.39 is 0 Å². The van der Waals surface area contributed by atoms with E-state index in [1.54, 1.807) is 20.1 Å². The standard InChI is InChI=1S/C10H12N2O2/c1-6-8(13-2)4-9(14-3)7(5-11)10(6)12/h4H,12H2,1-3H3. The van der Waals surface area contributed by atoms with Crippen molar-refractivity contribution in [1.82, 2.24) is 0 Å². The lowest BCUT2D eigenvalue weighted by Crippen LogP contribution is -2.00. The highest BCUT2D eigenvalue weighted by Gasteiger charge is 2.13. The van der Waals surface area contributed by atoms with Crippen molar-refractivity contribution < 1.29 is 9.47 Å². The van der Waals surface area contributed by atoms with Gasteiger partial charge in [0.2, 0.25) is 0 Å². The van der Waals surface area contributed by atoms with E-state index in [0.29, 0.717) is 22.7 Å². The Kier molecular flexibility index (Phi) is 2.82. The maximum atomic E-state index is 8.87. The SMILES string of the molecule is COc1cc(OC)c(C#N)c(N)c1C. The maximum Gasteiger partial charge on any atom is 0.142 e. The molecule has 0 heterocycles. The summed E-state index contributed by atoms with van der Waals surface area (Å²) in [6, 6.07) is 3.66. The molecular formula is C10H12N2O2. The fraction of sp³-hybridized carbons (Fsp3) is 0.300. The topological polar surface area (TPSA) is 68.3 Å². The van der Waals surface area contributed by atoms with Crippen molar-refractivity contribution in [1.29, 1.82) is 5.26 Å². The first-order chi connectivity index (χ1) is 6.65. The number of nitrogen functional groups attached to an aromatic ring is 1. The molecule has 0 saturated carbocycles. The molecule has 1 aromatic rings. The van der Waals surface area contributed by atoms with Crippen LogP contribution < -0.4 is 15.2 Å². The van der Waals surface area contributed by atoms with Gasteiger partial charge < -0.3 is 15.2 Å². The molecule has 0 atom stereocenters. The van der Waals surface area contributed by atoms with Gasteiger partial charge in [-0.25, -0.2) is 0 Å². The summed E-state index contributed by atoms with van der Waals surface area (Å²) in [5.74, 6) is 1.06. The minimum Gasteiger partial charge on any atom is -0.496 e. The van der Waals surface area contributed by atoms with Gasteiger partial charge in [0.05, 0.1) is 19.9 Å². The average molecular weight is 192 g/mol. The Balaban J connectivity index is 3.48. The molecule has 0 bridgehead atoms. The van der Waals surface area contributed by atoms with Gasteiger partial charge in [-0.05, 0) is 6.92 Å². The Hall–Kier alpha value is -1.89. The van der Waals surface area contributed by atoms with Crippen LogP contribution in [0.5, 0.6) is 11.5 Å². The molecule has 0 amide bonds. The average Bonchev–Trinajstić information content (AvgIpc) is 2.21. The zero-order valence-corrected chi connectivity index (χ0v) is 8.42. The van der Waals surface area contributed by atoms with Crippen LogP contribution in [0.4, 0.5) is 5.69 Å². The maximum absolute atomic E-state index is 8.87. The van der Waals surface area contributed by atoms with Crippen LogP contribution in [0.3, 0.4) is 0 Å². The van der Waals surface area contributed by atoms with Gasteiger partial charge in [-0.3, -0.25) is 0 Å². The number of nitrogens with two attached hydrogens (primary N) is 1. The summed E-state index contributed by atoms with van der Waals surface area (Å²) in [5, 5.41) is 8.87.